The van der Waals surface area contributed by atoms with E-state index >= 15 is 0 Å². The van der Waals surface area contributed by atoms with Crippen molar-refractivity contribution in [2.24, 2.45) is 0 Å². The van der Waals surface area contributed by atoms with Gasteiger partial charge < -0.3 is 10.5 Å². The largest absolute Gasteiger partial charge is 0.465 e. The number of hydrogen-bond donors (Lipinski definition) is 1. The van der Waals surface area contributed by atoms with Gasteiger partial charge in [-0.3, -0.25) is 4.79 Å². The van der Waals surface area contributed by atoms with Crippen molar-refractivity contribution in [1.82, 2.24) is 0 Å². The molecular weight excluding hydrogens is 229 g/mol. The fourth-order valence-electron chi connectivity index (χ4n) is 1.12. The maximum atomic E-state index is 13.1. The number of thioether (sulfide) groups is 1. The first-order valence-corrected chi connectivity index (χ1v) is 6.06. The predicted octanol–water partition coefficient (Wildman–Crippen LogP) is 2.20. The molecule has 0 atom stereocenters. The Labute approximate surface area is 98.2 Å². The molecule has 0 aliphatic rings. The third kappa shape index (κ3) is 4.10. The van der Waals surface area contributed by atoms with Crippen LogP contribution in [0.15, 0.2) is 18.2 Å². The van der Waals surface area contributed by atoms with E-state index in [1.165, 1.54) is 23.9 Å². The van der Waals surface area contributed by atoms with Gasteiger partial charge in [0.25, 0.3) is 0 Å². The molecule has 0 saturated carbocycles. The lowest BCUT2D eigenvalue weighted by Crippen LogP contribution is -2.06. The topological polar surface area (TPSA) is 52.3 Å². The molecular formula is C11H14FNO2S. The fraction of sp³-hybridized carbons (Fsp3) is 0.364. The standard InChI is InChI=1S/C11H14FNO2S/c1-2-15-11(14)7-16-6-8-3-4-10(13)9(12)5-8/h3-5H,2,6-7,13H2,1H3. The fourth-order valence-corrected chi connectivity index (χ4v) is 1.88. The van der Waals surface area contributed by atoms with Crippen LogP contribution in [-0.2, 0) is 15.3 Å². The number of benzene rings is 1. The van der Waals surface area contributed by atoms with Gasteiger partial charge in [0.2, 0.25) is 0 Å². The Morgan fingerprint density at radius 1 is 1.56 bits per heavy atom. The van der Waals surface area contributed by atoms with Gasteiger partial charge in [-0.1, -0.05) is 6.07 Å². The molecule has 5 heteroatoms. The zero-order valence-electron chi connectivity index (χ0n) is 9.03. The molecule has 3 nitrogen and oxygen atoms in total. The van der Waals surface area contributed by atoms with Crippen molar-refractivity contribution in [3.63, 3.8) is 0 Å². The van der Waals surface area contributed by atoms with E-state index in [-0.39, 0.29) is 17.4 Å². The molecule has 0 fully saturated rings. The van der Waals surface area contributed by atoms with Crippen molar-refractivity contribution in [2.45, 2.75) is 12.7 Å². The monoisotopic (exact) mass is 243 g/mol. The average molecular weight is 243 g/mol. The minimum absolute atomic E-state index is 0.138. The van der Waals surface area contributed by atoms with E-state index in [1.807, 2.05) is 0 Å². The highest BCUT2D eigenvalue weighted by atomic mass is 32.2. The van der Waals surface area contributed by atoms with Gasteiger partial charge in [0.15, 0.2) is 0 Å². The molecule has 1 aromatic carbocycles. The molecule has 0 aliphatic heterocycles. The van der Waals surface area contributed by atoms with Crippen molar-refractivity contribution in [1.29, 1.82) is 0 Å². The van der Waals surface area contributed by atoms with Crippen molar-refractivity contribution in [3.05, 3.63) is 29.6 Å². The number of carbonyl (C=O) groups is 1. The van der Waals surface area contributed by atoms with Crippen LogP contribution in [0, 0.1) is 5.82 Å². The van der Waals surface area contributed by atoms with Gasteiger partial charge in [0.05, 0.1) is 18.0 Å². The van der Waals surface area contributed by atoms with Crippen LogP contribution in [0.2, 0.25) is 0 Å². The lowest BCUT2D eigenvalue weighted by Gasteiger charge is -2.03. The quantitative estimate of drug-likeness (QED) is 0.636. The first kappa shape index (κ1) is 12.8. The lowest BCUT2D eigenvalue weighted by molar-refractivity contribution is -0.139. The first-order valence-electron chi connectivity index (χ1n) is 4.90. The van der Waals surface area contributed by atoms with Gasteiger partial charge in [-0.2, -0.15) is 0 Å². The van der Waals surface area contributed by atoms with E-state index in [0.29, 0.717) is 12.4 Å². The Balaban J connectivity index is 2.37. The summed E-state index contributed by atoms with van der Waals surface area (Å²) in [6.07, 6.45) is 0. The third-order valence-electron chi connectivity index (χ3n) is 1.86. The molecule has 0 heterocycles. The van der Waals surface area contributed by atoms with Crippen LogP contribution < -0.4 is 5.73 Å². The molecule has 88 valence electrons. The smallest absolute Gasteiger partial charge is 0.315 e. The number of ether oxygens (including phenoxy) is 1. The van der Waals surface area contributed by atoms with Crippen LogP contribution in [0.25, 0.3) is 0 Å². The summed E-state index contributed by atoms with van der Waals surface area (Å²) >= 11 is 1.39. The van der Waals surface area contributed by atoms with Crippen LogP contribution in [0.3, 0.4) is 0 Å². The van der Waals surface area contributed by atoms with E-state index in [2.05, 4.69) is 0 Å². The van der Waals surface area contributed by atoms with Gasteiger partial charge in [-0.15, -0.1) is 11.8 Å². The minimum atomic E-state index is -0.422. The van der Waals surface area contributed by atoms with E-state index < -0.39 is 5.82 Å². The summed E-state index contributed by atoms with van der Waals surface area (Å²) in [5.41, 5.74) is 6.29. The van der Waals surface area contributed by atoms with Crippen molar-refractivity contribution in [2.75, 3.05) is 18.1 Å². The molecule has 0 saturated heterocycles. The second-order valence-electron chi connectivity index (χ2n) is 3.15. The second-order valence-corrected chi connectivity index (χ2v) is 4.14. The van der Waals surface area contributed by atoms with E-state index in [4.69, 9.17) is 10.5 Å². The maximum absolute atomic E-state index is 13.1. The molecule has 2 N–H and O–H groups in total. The summed E-state index contributed by atoms with van der Waals surface area (Å²) in [7, 11) is 0. The summed E-state index contributed by atoms with van der Waals surface area (Å²) < 4.78 is 17.8. The maximum Gasteiger partial charge on any atom is 0.315 e. The predicted molar refractivity (Wildman–Crippen MR) is 63.6 cm³/mol. The van der Waals surface area contributed by atoms with Gasteiger partial charge in [0.1, 0.15) is 5.82 Å². The van der Waals surface area contributed by atoms with Crippen LogP contribution in [0.5, 0.6) is 0 Å². The molecule has 0 unspecified atom stereocenters. The van der Waals surface area contributed by atoms with Crippen LogP contribution in [0.4, 0.5) is 10.1 Å². The highest BCUT2D eigenvalue weighted by Gasteiger charge is 2.04. The van der Waals surface area contributed by atoms with Crippen LogP contribution in [0.1, 0.15) is 12.5 Å². The summed E-state index contributed by atoms with van der Waals surface area (Å²) in [5.74, 6) is 0.174. The molecule has 0 amide bonds. The third-order valence-corrected chi connectivity index (χ3v) is 2.84. The van der Waals surface area contributed by atoms with Crippen LogP contribution >= 0.6 is 11.8 Å². The van der Waals surface area contributed by atoms with Gasteiger partial charge in [-0.05, 0) is 24.6 Å². The minimum Gasteiger partial charge on any atom is -0.465 e. The van der Waals surface area contributed by atoms with E-state index in [1.54, 1.807) is 13.0 Å². The lowest BCUT2D eigenvalue weighted by atomic mass is 10.2. The number of esters is 1. The zero-order valence-corrected chi connectivity index (χ0v) is 9.85. The number of nitrogen functional groups attached to an aromatic ring is 1. The average Bonchev–Trinajstić information content (AvgIpc) is 2.24. The number of hydrogen-bond acceptors (Lipinski definition) is 4. The highest BCUT2D eigenvalue weighted by Crippen LogP contribution is 2.17. The molecule has 0 spiro atoms. The van der Waals surface area contributed by atoms with Crippen molar-refractivity contribution < 1.29 is 13.9 Å². The Bertz CT molecular complexity index is 371. The first-order chi connectivity index (χ1) is 7.63. The van der Waals surface area contributed by atoms with E-state index in [0.717, 1.165) is 5.56 Å². The second kappa shape index (κ2) is 6.37. The number of anilines is 1. The SMILES string of the molecule is CCOC(=O)CSCc1ccc(N)c(F)c1. The molecule has 0 bridgehead atoms. The summed E-state index contributed by atoms with van der Waals surface area (Å²) in [6.45, 7) is 2.15. The molecule has 16 heavy (non-hydrogen) atoms. The molecule has 0 radical (unpaired) electrons. The van der Waals surface area contributed by atoms with Gasteiger partial charge in [-0.25, -0.2) is 4.39 Å². The highest BCUT2D eigenvalue weighted by molar-refractivity contribution is 7.99. The van der Waals surface area contributed by atoms with Gasteiger partial charge in [0, 0.05) is 5.75 Å². The Kier molecular flexibility index (Phi) is 5.11. The Morgan fingerprint density at radius 3 is 2.94 bits per heavy atom. The molecule has 1 rings (SSSR count). The Hall–Kier alpha value is -1.23. The van der Waals surface area contributed by atoms with E-state index in [9.17, 15) is 9.18 Å². The molecule has 0 aromatic heterocycles. The number of rotatable bonds is 5. The van der Waals surface area contributed by atoms with Crippen molar-refractivity contribution in [3.8, 4) is 0 Å². The zero-order chi connectivity index (χ0) is 12.0. The molecule has 0 aliphatic carbocycles. The number of halogens is 1. The van der Waals surface area contributed by atoms with Crippen molar-refractivity contribution >= 4 is 23.4 Å². The van der Waals surface area contributed by atoms with Gasteiger partial charge >= 0.3 is 5.97 Å². The molecule has 1 aromatic rings. The number of carbonyl (C=O) groups excluding carboxylic acids is 1. The summed E-state index contributed by atoms with van der Waals surface area (Å²) in [5, 5.41) is 0. The normalized spacial score (nSPS) is 10.1. The summed E-state index contributed by atoms with van der Waals surface area (Å²) in [4.78, 5) is 11.0. The summed E-state index contributed by atoms with van der Waals surface area (Å²) in [6, 6.07) is 4.65. The number of nitrogens with two attached hydrogens (primary N) is 1. The van der Waals surface area contributed by atoms with Crippen LogP contribution in [-0.4, -0.2) is 18.3 Å². The Morgan fingerprint density at radius 2 is 2.31 bits per heavy atom.